The summed E-state index contributed by atoms with van der Waals surface area (Å²) in [6.45, 7) is 0. The second kappa shape index (κ2) is 4.85. The molecule has 0 unspecified atom stereocenters. The zero-order valence-electron chi connectivity index (χ0n) is 7.33. The number of hydrogen-bond donors (Lipinski definition) is 0. The van der Waals surface area contributed by atoms with Crippen LogP contribution in [0, 0.1) is 3.57 Å². The summed E-state index contributed by atoms with van der Waals surface area (Å²) in [5, 5.41) is 0. The Morgan fingerprint density at radius 3 is 2.77 bits per heavy atom. The van der Waals surface area contributed by atoms with Gasteiger partial charge in [-0.05, 0) is 47.0 Å². The van der Waals surface area contributed by atoms with Crippen molar-refractivity contribution >= 4 is 40.3 Å². The summed E-state index contributed by atoms with van der Waals surface area (Å²) in [6, 6.07) is 5.53. The van der Waals surface area contributed by atoms with Crippen LogP contribution in [0.4, 0.5) is 0 Å². The molecule has 0 spiro atoms. The molecule has 1 rings (SSSR count). The minimum absolute atomic E-state index is 0.285. The first-order valence-electron chi connectivity index (χ1n) is 3.61. The number of esters is 1. The van der Waals surface area contributed by atoms with Crippen molar-refractivity contribution in [1.29, 1.82) is 0 Å². The highest BCUT2D eigenvalue weighted by Gasteiger charge is 2.07. The van der Waals surface area contributed by atoms with Gasteiger partial charge in [-0.15, -0.1) is 11.8 Å². The highest BCUT2D eigenvalue weighted by atomic mass is 127. The van der Waals surface area contributed by atoms with Gasteiger partial charge in [0.1, 0.15) is 0 Å². The summed E-state index contributed by atoms with van der Waals surface area (Å²) in [5.41, 5.74) is 0.604. The van der Waals surface area contributed by atoms with Crippen molar-refractivity contribution in [1.82, 2.24) is 0 Å². The number of benzene rings is 1. The Labute approximate surface area is 95.2 Å². The molecule has 70 valence electrons. The van der Waals surface area contributed by atoms with Crippen molar-refractivity contribution in [2.45, 2.75) is 4.90 Å². The minimum atomic E-state index is -0.285. The van der Waals surface area contributed by atoms with Crippen molar-refractivity contribution < 1.29 is 9.53 Å². The number of thioether (sulfide) groups is 1. The van der Waals surface area contributed by atoms with E-state index in [0.29, 0.717) is 5.56 Å². The Balaban J connectivity index is 3.06. The maximum Gasteiger partial charge on any atom is 0.337 e. The van der Waals surface area contributed by atoms with Crippen molar-refractivity contribution in [3.63, 3.8) is 0 Å². The van der Waals surface area contributed by atoms with Crippen molar-refractivity contribution in [2.24, 2.45) is 0 Å². The smallest absolute Gasteiger partial charge is 0.337 e. The van der Waals surface area contributed by atoms with Gasteiger partial charge < -0.3 is 4.74 Å². The lowest BCUT2D eigenvalue weighted by molar-refractivity contribution is 0.0600. The molecule has 4 heteroatoms. The molecule has 2 nitrogen and oxygen atoms in total. The van der Waals surface area contributed by atoms with Gasteiger partial charge in [0.25, 0.3) is 0 Å². The fraction of sp³-hybridized carbons (Fsp3) is 0.222. The SMILES string of the molecule is COC(=O)c1ccc(I)c(SC)c1. The molecule has 0 amide bonds. The number of carbonyl (C=O) groups excluding carboxylic acids is 1. The average Bonchev–Trinajstić information content (AvgIpc) is 2.17. The summed E-state index contributed by atoms with van der Waals surface area (Å²) >= 11 is 3.86. The minimum Gasteiger partial charge on any atom is -0.465 e. The maximum atomic E-state index is 11.2. The van der Waals surface area contributed by atoms with E-state index < -0.39 is 0 Å². The maximum absolute atomic E-state index is 11.2. The van der Waals surface area contributed by atoms with Crippen LogP contribution in [0.15, 0.2) is 23.1 Å². The van der Waals surface area contributed by atoms with Gasteiger partial charge in [-0.2, -0.15) is 0 Å². The van der Waals surface area contributed by atoms with Crippen LogP contribution in [-0.4, -0.2) is 19.3 Å². The molecule has 0 aliphatic heterocycles. The predicted octanol–water partition coefficient (Wildman–Crippen LogP) is 2.80. The van der Waals surface area contributed by atoms with E-state index in [0.717, 1.165) is 8.47 Å². The number of rotatable bonds is 2. The molecule has 0 fully saturated rings. The third-order valence-electron chi connectivity index (χ3n) is 1.57. The van der Waals surface area contributed by atoms with Gasteiger partial charge in [0.05, 0.1) is 12.7 Å². The Morgan fingerprint density at radius 1 is 1.54 bits per heavy atom. The third-order valence-corrected chi connectivity index (χ3v) is 3.66. The summed E-state index contributed by atoms with van der Waals surface area (Å²) in [7, 11) is 1.39. The van der Waals surface area contributed by atoms with Gasteiger partial charge in [-0.1, -0.05) is 0 Å². The number of methoxy groups -OCH3 is 1. The number of carbonyl (C=O) groups is 1. The third kappa shape index (κ3) is 2.60. The van der Waals surface area contributed by atoms with E-state index in [-0.39, 0.29) is 5.97 Å². The van der Waals surface area contributed by atoms with Crippen LogP contribution >= 0.6 is 34.4 Å². The van der Waals surface area contributed by atoms with Crippen molar-refractivity contribution in [3.8, 4) is 0 Å². The topological polar surface area (TPSA) is 26.3 Å². The summed E-state index contributed by atoms with van der Waals surface area (Å²) in [5.74, 6) is -0.285. The van der Waals surface area contributed by atoms with E-state index >= 15 is 0 Å². The second-order valence-corrected chi connectivity index (χ2v) is 4.35. The molecule has 0 aliphatic rings. The van der Waals surface area contributed by atoms with Crippen LogP contribution in [0.3, 0.4) is 0 Å². The Hall–Kier alpha value is -0.230. The van der Waals surface area contributed by atoms with E-state index in [1.165, 1.54) is 7.11 Å². The van der Waals surface area contributed by atoms with Gasteiger partial charge in [0.2, 0.25) is 0 Å². The zero-order valence-corrected chi connectivity index (χ0v) is 10.3. The zero-order chi connectivity index (χ0) is 9.84. The standard InChI is InChI=1S/C9H9IO2S/c1-12-9(11)6-3-4-7(10)8(5-6)13-2/h3-5H,1-2H3. The fourth-order valence-electron chi connectivity index (χ4n) is 0.905. The molecule has 0 saturated carbocycles. The number of ether oxygens (including phenoxy) is 1. The van der Waals surface area contributed by atoms with Crippen molar-refractivity contribution in [3.05, 3.63) is 27.3 Å². The van der Waals surface area contributed by atoms with E-state index in [1.807, 2.05) is 18.4 Å². The molecule has 0 aromatic heterocycles. The van der Waals surface area contributed by atoms with Crippen LogP contribution in [0.25, 0.3) is 0 Å². The Bertz CT molecular complexity index is 325. The molecule has 0 atom stereocenters. The molecule has 0 N–H and O–H groups in total. The molecule has 0 heterocycles. The lowest BCUT2D eigenvalue weighted by Crippen LogP contribution is -2.01. The van der Waals surface area contributed by atoms with Gasteiger partial charge >= 0.3 is 5.97 Å². The predicted molar refractivity (Wildman–Crippen MR) is 62.3 cm³/mol. The quantitative estimate of drug-likeness (QED) is 0.477. The Kier molecular flexibility index (Phi) is 4.05. The highest BCUT2D eigenvalue weighted by Crippen LogP contribution is 2.23. The first-order chi connectivity index (χ1) is 6.19. The molecule has 0 radical (unpaired) electrons. The first-order valence-corrected chi connectivity index (χ1v) is 5.91. The Morgan fingerprint density at radius 2 is 2.23 bits per heavy atom. The van der Waals surface area contributed by atoms with Crippen LogP contribution < -0.4 is 0 Å². The van der Waals surface area contributed by atoms with E-state index in [2.05, 4.69) is 27.3 Å². The molecule has 0 aliphatic carbocycles. The first kappa shape index (κ1) is 10.8. The highest BCUT2D eigenvalue weighted by molar-refractivity contribution is 14.1. The summed E-state index contributed by atoms with van der Waals surface area (Å²) in [4.78, 5) is 12.3. The largest absolute Gasteiger partial charge is 0.465 e. The fourth-order valence-corrected chi connectivity index (χ4v) is 2.41. The second-order valence-electron chi connectivity index (χ2n) is 2.34. The summed E-state index contributed by atoms with van der Waals surface area (Å²) < 4.78 is 5.78. The normalized spacial score (nSPS) is 9.77. The van der Waals surface area contributed by atoms with Gasteiger partial charge in [-0.25, -0.2) is 4.79 Å². The van der Waals surface area contributed by atoms with Crippen LogP contribution in [0.5, 0.6) is 0 Å². The number of hydrogen-bond acceptors (Lipinski definition) is 3. The lowest BCUT2D eigenvalue weighted by Gasteiger charge is -2.03. The molecule has 0 saturated heterocycles. The lowest BCUT2D eigenvalue weighted by atomic mass is 10.2. The van der Waals surface area contributed by atoms with Crippen LogP contribution in [0.1, 0.15) is 10.4 Å². The van der Waals surface area contributed by atoms with Gasteiger partial charge in [-0.3, -0.25) is 0 Å². The monoisotopic (exact) mass is 308 g/mol. The molecule has 13 heavy (non-hydrogen) atoms. The van der Waals surface area contributed by atoms with E-state index in [4.69, 9.17) is 0 Å². The summed E-state index contributed by atoms with van der Waals surface area (Å²) in [6.07, 6.45) is 1.98. The molecule has 0 bridgehead atoms. The molecule has 1 aromatic carbocycles. The van der Waals surface area contributed by atoms with E-state index in [9.17, 15) is 4.79 Å². The van der Waals surface area contributed by atoms with Gasteiger partial charge in [0.15, 0.2) is 0 Å². The van der Waals surface area contributed by atoms with Crippen LogP contribution in [0.2, 0.25) is 0 Å². The van der Waals surface area contributed by atoms with Crippen LogP contribution in [-0.2, 0) is 4.74 Å². The number of halogens is 1. The average molecular weight is 308 g/mol. The molecular weight excluding hydrogens is 299 g/mol. The van der Waals surface area contributed by atoms with E-state index in [1.54, 1.807) is 17.8 Å². The van der Waals surface area contributed by atoms with Gasteiger partial charge in [0, 0.05) is 8.47 Å². The molecule has 1 aromatic rings. The van der Waals surface area contributed by atoms with Crippen molar-refractivity contribution in [2.75, 3.05) is 13.4 Å². The molecular formula is C9H9IO2S.